The molecule has 0 atom stereocenters. The number of rotatable bonds is 6. The highest BCUT2D eigenvalue weighted by Crippen LogP contribution is 2.36. The van der Waals surface area contributed by atoms with Crippen LogP contribution in [0.5, 0.6) is 11.5 Å². The Morgan fingerprint density at radius 2 is 1.53 bits per heavy atom. The number of methoxy groups -OCH3 is 2. The third kappa shape index (κ3) is 4.55. The summed E-state index contributed by atoms with van der Waals surface area (Å²) >= 11 is 0. The maximum absolute atomic E-state index is 13.1. The largest absolute Gasteiger partial charge is 0.496 e. The molecule has 8 heteroatoms. The van der Waals surface area contributed by atoms with Gasteiger partial charge in [0.2, 0.25) is 9.84 Å². The molecule has 0 spiro atoms. The van der Waals surface area contributed by atoms with Crippen molar-refractivity contribution in [2.75, 3.05) is 19.2 Å². The molecule has 2 aromatic carbocycles. The van der Waals surface area contributed by atoms with Gasteiger partial charge in [0.1, 0.15) is 17.2 Å². The van der Waals surface area contributed by atoms with E-state index in [1.54, 1.807) is 50.4 Å². The number of sulfone groups is 1. The van der Waals surface area contributed by atoms with E-state index in [2.05, 4.69) is 20.8 Å². The molecule has 30 heavy (non-hydrogen) atoms. The van der Waals surface area contributed by atoms with Crippen molar-refractivity contribution >= 4 is 15.5 Å². The fourth-order valence-corrected chi connectivity index (χ4v) is 4.21. The van der Waals surface area contributed by atoms with E-state index in [4.69, 9.17) is 21.1 Å². The zero-order valence-corrected chi connectivity index (χ0v) is 19.4. The van der Waals surface area contributed by atoms with Crippen LogP contribution < -0.4 is 26.1 Å². The van der Waals surface area contributed by atoms with Gasteiger partial charge >= 0.3 is 0 Å². The molecular weight excluding hydrogens is 402 g/mol. The summed E-state index contributed by atoms with van der Waals surface area (Å²) in [5.74, 6) is 7.30. The smallest absolute Gasteiger partial charge is 0.223 e. The van der Waals surface area contributed by atoms with Gasteiger partial charge in [-0.2, -0.15) is 0 Å². The van der Waals surface area contributed by atoms with E-state index in [1.165, 1.54) is 12.1 Å². The van der Waals surface area contributed by atoms with Crippen LogP contribution in [0.25, 0.3) is 0 Å². The number of nitrogens with two attached hydrogens (primary N) is 2. The molecule has 0 saturated carbocycles. The van der Waals surface area contributed by atoms with Crippen molar-refractivity contribution in [3.05, 3.63) is 58.3 Å². The molecule has 0 aromatic heterocycles. The Labute approximate surface area is 179 Å². The summed E-state index contributed by atoms with van der Waals surface area (Å²) in [5, 5.41) is 0.854. The van der Waals surface area contributed by atoms with Crippen LogP contribution in [0.1, 0.15) is 38.8 Å². The van der Waals surface area contributed by atoms with Crippen molar-refractivity contribution in [1.82, 2.24) is 0 Å². The van der Waals surface area contributed by atoms with Gasteiger partial charge in [-0.25, -0.2) is 14.3 Å². The Kier molecular flexibility index (Phi) is 6.73. The number of ether oxygens (including phenoxy) is 2. The van der Waals surface area contributed by atoms with E-state index in [0.717, 1.165) is 11.1 Å². The molecule has 0 bridgehead atoms. The van der Waals surface area contributed by atoms with Crippen LogP contribution in [0.2, 0.25) is 0 Å². The van der Waals surface area contributed by atoms with Gasteiger partial charge in [0, 0.05) is 6.07 Å². The van der Waals surface area contributed by atoms with E-state index in [1.807, 2.05) is 6.92 Å². The van der Waals surface area contributed by atoms with E-state index in [0.29, 0.717) is 17.2 Å². The van der Waals surface area contributed by atoms with Crippen LogP contribution in [0, 0.1) is 6.92 Å². The van der Waals surface area contributed by atoms with Gasteiger partial charge in [-0.3, -0.25) is 5.01 Å². The number of anilines is 1. The minimum Gasteiger partial charge on any atom is -0.496 e. The summed E-state index contributed by atoms with van der Waals surface area (Å²) in [4.78, 5) is 0.106. The third-order valence-electron chi connectivity index (χ3n) is 4.99. The molecule has 2 aromatic rings. The number of aryl methyl sites for hydroxylation is 1. The number of benzene rings is 2. The highest BCUT2D eigenvalue weighted by atomic mass is 32.2. The second-order valence-corrected chi connectivity index (χ2v) is 10.0. The lowest BCUT2D eigenvalue weighted by atomic mass is 9.87. The number of hydrogen-bond acceptors (Lipinski definition) is 7. The molecule has 164 valence electrons. The normalized spacial score (nSPS) is 12.9. The second-order valence-electron chi connectivity index (χ2n) is 8.09. The average molecular weight is 434 g/mol. The SMILES string of the molecule is COc1cc(N(N)/C(C)=C(\N)S(=O)(=O)c2ccc(C(C)(C)C)cc2)c(OC)cc1C. The summed E-state index contributed by atoms with van der Waals surface area (Å²) in [6, 6.07) is 10.2. The zero-order valence-electron chi connectivity index (χ0n) is 18.6. The summed E-state index contributed by atoms with van der Waals surface area (Å²) in [5.41, 5.74) is 8.47. The van der Waals surface area contributed by atoms with Crippen LogP contribution >= 0.6 is 0 Å². The van der Waals surface area contributed by atoms with Gasteiger partial charge in [-0.1, -0.05) is 32.9 Å². The van der Waals surface area contributed by atoms with Gasteiger partial charge in [0.15, 0.2) is 5.03 Å². The standard InChI is InChI=1S/C22H31N3O4S/c1-14-12-20(29-7)18(13-19(14)28-6)25(24)15(2)21(23)30(26,27)17-10-8-16(9-11-17)22(3,4)5/h8-13H,23-24H2,1-7H3/b21-15+. The van der Waals surface area contributed by atoms with Crippen molar-refractivity contribution in [2.24, 2.45) is 11.6 Å². The highest BCUT2D eigenvalue weighted by molar-refractivity contribution is 7.95. The van der Waals surface area contributed by atoms with Crippen molar-refractivity contribution in [3.8, 4) is 11.5 Å². The van der Waals surface area contributed by atoms with E-state index in [9.17, 15) is 8.42 Å². The molecule has 0 radical (unpaired) electrons. The molecule has 0 unspecified atom stereocenters. The first-order chi connectivity index (χ1) is 13.8. The monoisotopic (exact) mass is 433 g/mol. The summed E-state index contributed by atoms with van der Waals surface area (Å²) < 4.78 is 36.9. The van der Waals surface area contributed by atoms with Gasteiger partial charge < -0.3 is 15.2 Å². The van der Waals surface area contributed by atoms with E-state index >= 15 is 0 Å². The molecule has 0 fully saturated rings. The molecule has 2 rings (SSSR count). The molecule has 7 nitrogen and oxygen atoms in total. The Hall–Kier alpha value is -2.71. The first-order valence-corrected chi connectivity index (χ1v) is 10.9. The van der Waals surface area contributed by atoms with Gasteiger partial charge in [-0.15, -0.1) is 0 Å². The Bertz CT molecular complexity index is 1050. The highest BCUT2D eigenvalue weighted by Gasteiger charge is 2.25. The molecule has 0 aliphatic rings. The van der Waals surface area contributed by atoms with E-state index in [-0.39, 0.29) is 21.0 Å². The number of hydrazine groups is 1. The Morgan fingerprint density at radius 1 is 1.00 bits per heavy atom. The molecule has 4 N–H and O–H groups in total. The van der Waals surface area contributed by atoms with Crippen LogP contribution in [0.15, 0.2) is 52.0 Å². The predicted octanol–water partition coefficient (Wildman–Crippen LogP) is 3.61. The fourth-order valence-electron chi connectivity index (χ4n) is 2.98. The average Bonchev–Trinajstić information content (AvgIpc) is 2.71. The van der Waals surface area contributed by atoms with Crippen molar-refractivity contribution < 1.29 is 17.9 Å². The number of hydrogen-bond donors (Lipinski definition) is 2. The maximum Gasteiger partial charge on any atom is 0.223 e. The molecule has 0 aliphatic heterocycles. The summed E-state index contributed by atoms with van der Waals surface area (Å²) in [6.45, 7) is 9.59. The van der Waals surface area contributed by atoms with Crippen LogP contribution in [0.3, 0.4) is 0 Å². The molecule has 0 heterocycles. The van der Waals surface area contributed by atoms with Crippen molar-refractivity contribution in [1.29, 1.82) is 0 Å². The summed E-state index contributed by atoms with van der Waals surface area (Å²) in [6.07, 6.45) is 0. The lowest BCUT2D eigenvalue weighted by molar-refractivity contribution is 0.401. The van der Waals surface area contributed by atoms with Crippen molar-refractivity contribution in [2.45, 2.75) is 44.9 Å². The first-order valence-electron chi connectivity index (χ1n) is 9.44. The first kappa shape index (κ1) is 23.6. The lowest BCUT2D eigenvalue weighted by Gasteiger charge is -2.24. The predicted molar refractivity (Wildman–Crippen MR) is 120 cm³/mol. The van der Waals surface area contributed by atoms with Crippen LogP contribution in [-0.2, 0) is 15.3 Å². The van der Waals surface area contributed by atoms with Gasteiger partial charge in [0.25, 0.3) is 0 Å². The summed E-state index contributed by atoms with van der Waals surface area (Å²) in [7, 11) is -0.881. The van der Waals surface area contributed by atoms with Crippen LogP contribution in [0.4, 0.5) is 5.69 Å². The maximum atomic E-state index is 13.1. The Balaban J connectivity index is 2.51. The minimum atomic E-state index is -3.93. The third-order valence-corrected chi connectivity index (χ3v) is 6.76. The molecular formula is C22H31N3O4S. The van der Waals surface area contributed by atoms with Crippen molar-refractivity contribution in [3.63, 3.8) is 0 Å². The Morgan fingerprint density at radius 3 is 2.00 bits per heavy atom. The molecule has 0 aliphatic carbocycles. The van der Waals surface area contributed by atoms with Crippen LogP contribution in [-0.4, -0.2) is 22.6 Å². The molecule has 0 saturated heterocycles. The number of nitrogens with zero attached hydrogens (tertiary/aromatic N) is 1. The van der Waals surface area contributed by atoms with E-state index < -0.39 is 9.84 Å². The lowest BCUT2D eigenvalue weighted by Crippen LogP contribution is -2.33. The van der Waals surface area contributed by atoms with Gasteiger partial charge in [-0.05, 0) is 48.6 Å². The second kappa shape index (κ2) is 8.57. The zero-order chi connectivity index (χ0) is 22.9. The quantitative estimate of drug-likeness (QED) is 0.529. The fraction of sp³-hybridized carbons (Fsp3) is 0.364. The number of allylic oxidation sites excluding steroid dienone is 1. The van der Waals surface area contributed by atoms with Gasteiger partial charge in [0.05, 0.1) is 24.8 Å². The topological polar surface area (TPSA) is 108 Å². The molecule has 0 amide bonds. The minimum absolute atomic E-state index is 0.0886.